The fourth-order valence-electron chi connectivity index (χ4n) is 2.51. The predicted octanol–water partition coefficient (Wildman–Crippen LogP) is 5.04. The summed E-state index contributed by atoms with van der Waals surface area (Å²) in [6, 6.07) is 14.6. The van der Waals surface area contributed by atoms with E-state index in [-0.39, 0.29) is 6.04 Å². The molecule has 0 amide bonds. The first-order valence-electron chi connectivity index (χ1n) is 7.12. The first-order chi connectivity index (χ1) is 10.3. The molecule has 2 nitrogen and oxygen atoms in total. The van der Waals surface area contributed by atoms with Gasteiger partial charge >= 0.3 is 0 Å². The first-order valence-corrected chi connectivity index (χ1v) is 8.31. The number of benzene rings is 1. The fourth-order valence-corrected chi connectivity index (χ4v) is 3.66. The predicted molar refractivity (Wildman–Crippen MR) is 91.2 cm³/mol. The van der Waals surface area contributed by atoms with Crippen molar-refractivity contribution < 1.29 is 0 Å². The Kier molecular flexibility index (Phi) is 4.54. The molecule has 1 N–H and O–H groups in total. The molecule has 0 radical (unpaired) electrons. The van der Waals surface area contributed by atoms with Crippen LogP contribution < -0.4 is 5.32 Å². The molecular formula is C17H17ClN2S. The summed E-state index contributed by atoms with van der Waals surface area (Å²) in [6.45, 7) is 3.15. The van der Waals surface area contributed by atoms with Crippen LogP contribution >= 0.6 is 22.9 Å². The van der Waals surface area contributed by atoms with Crippen molar-refractivity contribution >= 4 is 33.8 Å². The average Bonchev–Trinajstić information content (AvgIpc) is 2.94. The van der Waals surface area contributed by atoms with Crippen molar-refractivity contribution in [1.29, 1.82) is 0 Å². The van der Waals surface area contributed by atoms with E-state index >= 15 is 0 Å². The molecule has 1 aromatic carbocycles. The van der Waals surface area contributed by atoms with Crippen molar-refractivity contribution in [2.75, 3.05) is 6.54 Å². The van der Waals surface area contributed by atoms with Crippen LogP contribution in [0.2, 0.25) is 4.34 Å². The van der Waals surface area contributed by atoms with E-state index in [1.54, 1.807) is 11.3 Å². The van der Waals surface area contributed by atoms with E-state index < -0.39 is 0 Å². The summed E-state index contributed by atoms with van der Waals surface area (Å²) in [5, 5.41) is 4.82. The molecule has 0 fully saturated rings. The molecule has 0 saturated heterocycles. The van der Waals surface area contributed by atoms with Crippen molar-refractivity contribution in [2.45, 2.75) is 19.4 Å². The van der Waals surface area contributed by atoms with E-state index in [9.17, 15) is 0 Å². The van der Waals surface area contributed by atoms with E-state index in [0.29, 0.717) is 0 Å². The number of thiophene rings is 1. The van der Waals surface area contributed by atoms with Gasteiger partial charge in [-0.15, -0.1) is 11.3 Å². The normalized spacial score (nSPS) is 12.7. The molecule has 0 saturated carbocycles. The number of halogens is 1. The Morgan fingerprint density at radius 3 is 2.81 bits per heavy atom. The van der Waals surface area contributed by atoms with Crippen LogP contribution in [0.25, 0.3) is 10.9 Å². The Labute approximate surface area is 133 Å². The second-order valence-corrected chi connectivity index (χ2v) is 6.69. The van der Waals surface area contributed by atoms with Gasteiger partial charge in [-0.25, -0.2) is 0 Å². The molecule has 3 aromatic rings. The minimum Gasteiger partial charge on any atom is -0.306 e. The standard InChI is InChI=1S/C17H17ClN2S/c1-2-10-20-17(15-7-8-16(18)21-15)13-9-11-19-14-6-4-3-5-12(13)14/h3-9,11,17,20H,2,10H2,1H3. The second kappa shape index (κ2) is 6.56. The highest BCUT2D eigenvalue weighted by atomic mass is 35.5. The summed E-state index contributed by atoms with van der Waals surface area (Å²) >= 11 is 7.75. The summed E-state index contributed by atoms with van der Waals surface area (Å²) in [5.74, 6) is 0. The highest BCUT2D eigenvalue weighted by Gasteiger charge is 2.18. The second-order valence-electron chi connectivity index (χ2n) is 4.95. The maximum absolute atomic E-state index is 6.12. The first kappa shape index (κ1) is 14.5. The van der Waals surface area contributed by atoms with Gasteiger partial charge in [0.25, 0.3) is 0 Å². The highest BCUT2D eigenvalue weighted by Crippen LogP contribution is 2.33. The molecule has 108 valence electrons. The molecule has 0 spiro atoms. The summed E-state index contributed by atoms with van der Waals surface area (Å²) in [6.07, 6.45) is 2.98. The van der Waals surface area contributed by atoms with Gasteiger partial charge in [0.2, 0.25) is 0 Å². The smallest absolute Gasteiger partial charge is 0.0931 e. The van der Waals surface area contributed by atoms with Crippen LogP contribution in [-0.4, -0.2) is 11.5 Å². The summed E-state index contributed by atoms with van der Waals surface area (Å²) in [4.78, 5) is 5.69. The maximum Gasteiger partial charge on any atom is 0.0931 e. The molecular weight excluding hydrogens is 300 g/mol. The number of hydrogen-bond donors (Lipinski definition) is 1. The summed E-state index contributed by atoms with van der Waals surface area (Å²) in [5.41, 5.74) is 2.29. The van der Waals surface area contributed by atoms with Gasteiger partial charge in [0, 0.05) is 16.5 Å². The lowest BCUT2D eigenvalue weighted by Crippen LogP contribution is -2.22. The van der Waals surface area contributed by atoms with Crippen LogP contribution in [0.4, 0.5) is 0 Å². The van der Waals surface area contributed by atoms with Gasteiger partial charge in [-0.2, -0.15) is 0 Å². The van der Waals surface area contributed by atoms with E-state index in [2.05, 4.69) is 47.6 Å². The largest absolute Gasteiger partial charge is 0.306 e. The number of nitrogens with one attached hydrogen (secondary N) is 1. The molecule has 0 aliphatic carbocycles. The van der Waals surface area contributed by atoms with Gasteiger partial charge in [0.1, 0.15) is 0 Å². The van der Waals surface area contributed by atoms with Crippen LogP contribution in [0.15, 0.2) is 48.7 Å². The zero-order valence-electron chi connectivity index (χ0n) is 11.8. The number of hydrogen-bond acceptors (Lipinski definition) is 3. The Balaban J connectivity index is 2.09. The van der Waals surface area contributed by atoms with Crippen molar-refractivity contribution in [3.8, 4) is 0 Å². The van der Waals surface area contributed by atoms with Gasteiger partial charge < -0.3 is 5.32 Å². The van der Waals surface area contributed by atoms with Crippen molar-refractivity contribution in [2.24, 2.45) is 0 Å². The van der Waals surface area contributed by atoms with Gasteiger partial charge in [-0.3, -0.25) is 4.98 Å². The molecule has 0 aliphatic heterocycles. The van der Waals surface area contributed by atoms with Crippen LogP contribution in [-0.2, 0) is 0 Å². The number of rotatable bonds is 5. The lowest BCUT2D eigenvalue weighted by molar-refractivity contribution is 0.608. The number of fused-ring (bicyclic) bond motifs is 1. The van der Waals surface area contributed by atoms with E-state index in [1.165, 1.54) is 15.8 Å². The number of para-hydroxylation sites is 1. The maximum atomic E-state index is 6.12. The fraction of sp³-hybridized carbons (Fsp3) is 0.235. The van der Waals surface area contributed by atoms with E-state index in [1.807, 2.05) is 18.3 Å². The Hall–Kier alpha value is -1.42. The van der Waals surface area contributed by atoms with Gasteiger partial charge in [-0.1, -0.05) is 36.7 Å². The summed E-state index contributed by atoms with van der Waals surface area (Å²) < 4.78 is 0.826. The van der Waals surface area contributed by atoms with Crippen LogP contribution in [0, 0.1) is 0 Å². The monoisotopic (exact) mass is 316 g/mol. The van der Waals surface area contributed by atoms with Crippen LogP contribution in [0.5, 0.6) is 0 Å². The topological polar surface area (TPSA) is 24.9 Å². The van der Waals surface area contributed by atoms with Gasteiger partial charge in [0.05, 0.1) is 15.9 Å². The number of pyridine rings is 1. The van der Waals surface area contributed by atoms with Crippen molar-refractivity contribution in [1.82, 2.24) is 10.3 Å². The van der Waals surface area contributed by atoms with Gasteiger partial charge in [0.15, 0.2) is 0 Å². The minimum absolute atomic E-state index is 0.162. The van der Waals surface area contributed by atoms with Crippen molar-refractivity contribution in [3.63, 3.8) is 0 Å². The Morgan fingerprint density at radius 1 is 1.19 bits per heavy atom. The molecule has 2 aromatic heterocycles. The van der Waals surface area contributed by atoms with Crippen LogP contribution in [0.3, 0.4) is 0 Å². The van der Waals surface area contributed by atoms with E-state index in [0.717, 1.165) is 22.8 Å². The molecule has 1 unspecified atom stereocenters. The van der Waals surface area contributed by atoms with E-state index in [4.69, 9.17) is 11.6 Å². The number of nitrogens with zero attached hydrogens (tertiary/aromatic N) is 1. The zero-order chi connectivity index (χ0) is 14.7. The van der Waals surface area contributed by atoms with Crippen LogP contribution in [0.1, 0.15) is 29.8 Å². The quantitative estimate of drug-likeness (QED) is 0.713. The number of aromatic nitrogens is 1. The zero-order valence-corrected chi connectivity index (χ0v) is 13.4. The third-order valence-corrected chi connectivity index (χ3v) is 4.77. The lowest BCUT2D eigenvalue weighted by Gasteiger charge is -2.19. The Bertz CT molecular complexity index is 733. The average molecular weight is 317 g/mol. The lowest BCUT2D eigenvalue weighted by atomic mass is 10.0. The molecule has 4 heteroatoms. The molecule has 21 heavy (non-hydrogen) atoms. The van der Waals surface area contributed by atoms with Crippen molar-refractivity contribution in [3.05, 3.63) is 63.4 Å². The SMILES string of the molecule is CCCNC(c1ccc(Cl)s1)c1ccnc2ccccc12. The minimum atomic E-state index is 0.162. The third kappa shape index (κ3) is 3.10. The third-order valence-electron chi connectivity index (χ3n) is 3.47. The Morgan fingerprint density at radius 2 is 2.05 bits per heavy atom. The highest BCUT2D eigenvalue weighted by molar-refractivity contribution is 7.16. The van der Waals surface area contributed by atoms with Gasteiger partial charge in [-0.05, 0) is 42.8 Å². The molecule has 2 heterocycles. The molecule has 0 aliphatic rings. The molecule has 3 rings (SSSR count). The molecule has 0 bridgehead atoms. The summed E-state index contributed by atoms with van der Waals surface area (Å²) in [7, 11) is 0. The molecule has 1 atom stereocenters.